The van der Waals surface area contributed by atoms with Crippen LogP contribution < -0.4 is 22.1 Å². The summed E-state index contributed by atoms with van der Waals surface area (Å²) >= 11 is 0. The van der Waals surface area contributed by atoms with Gasteiger partial charge in [0.25, 0.3) is 6.92 Å². The highest BCUT2D eigenvalue weighted by atomic mass is 16.2. The topological polar surface area (TPSA) is 182 Å². The van der Waals surface area contributed by atoms with E-state index in [0.717, 1.165) is 30.4 Å². The first kappa shape index (κ1) is 43.5. The number of rotatable bonds is 24. The summed E-state index contributed by atoms with van der Waals surface area (Å²) in [6.07, 6.45) is 4.07. The fourth-order valence-electron chi connectivity index (χ4n) is 5.96. The highest BCUT2D eigenvalue weighted by molar-refractivity contribution is 6.50. The van der Waals surface area contributed by atoms with Crippen LogP contribution in [0.5, 0.6) is 0 Å². The smallest absolute Gasteiger partial charge is 0.289 e. The summed E-state index contributed by atoms with van der Waals surface area (Å²) in [6.45, 7) is 10.7. The first-order valence-electron chi connectivity index (χ1n) is 18.7. The van der Waals surface area contributed by atoms with Gasteiger partial charge in [0.1, 0.15) is 0 Å². The molecule has 0 unspecified atom stereocenters. The van der Waals surface area contributed by atoms with Gasteiger partial charge in [0.05, 0.1) is 12.1 Å². The molecule has 2 amide bonds. The molecule has 0 aliphatic heterocycles. The molecule has 0 aliphatic carbocycles. The molecular formula is C40H61BN4O6. The van der Waals surface area contributed by atoms with Crippen molar-refractivity contribution >= 4 is 36.1 Å². The number of nitrogens with two attached hydrogens (primary N) is 2. The third-order valence-electron chi connectivity index (χ3n) is 9.51. The van der Waals surface area contributed by atoms with E-state index in [9.17, 15) is 29.0 Å². The van der Waals surface area contributed by atoms with Gasteiger partial charge in [-0.25, -0.2) is 0 Å². The van der Waals surface area contributed by atoms with Gasteiger partial charge in [-0.3, -0.25) is 24.0 Å². The maximum atomic E-state index is 13.5. The highest BCUT2D eigenvalue weighted by Gasteiger charge is 2.31. The number of aryl methyl sites for hydroxylation is 1. The van der Waals surface area contributed by atoms with Crippen LogP contribution in [0, 0.1) is 17.8 Å². The van der Waals surface area contributed by atoms with Gasteiger partial charge in [0, 0.05) is 36.7 Å². The molecule has 0 saturated heterocycles. The number of Topliss-reactive ketones (excluding diaryl/α,β-unsaturated/α-hetero) is 3. The Balaban J connectivity index is 2.05. The Morgan fingerprint density at radius 1 is 0.745 bits per heavy atom. The van der Waals surface area contributed by atoms with Gasteiger partial charge in [0.15, 0.2) is 17.3 Å². The van der Waals surface area contributed by atoms with Crippen LogP contribution in [-0.2, 0) is 25.6 Å². The molecule has 280 valence electrons. The average Bonchev–Trinajstić information content (AvgIpc) is 3.09. The Morgan fingerprint density at radius 2 is 1.29 bits per heavy atom. The number of nitrogens with one attached hydrogen (secondary N) is 2. The van der Waals surface area contributed by atoms with Crippen molar-refractivity contribution in [3.8, 4) is 11.1 Å². The summed E-state index contributed by atoms with van der Waals surface area (Å²) in [6, 6.07) is 14.1. The molecule has 2 aromatic rings. The Bertz CT molecular complexity index is 1410. The number of hydrogen-bond donors (Lipinski definition) is 5. The van der Waals surface area contributed by atoms with Crippen LogP contribution >= 0.6 is 0 Å². The van der Waals surface area contributed by atoms with Crippen molar-refractivity contribution in [3.63, 3.8) is 0 Å². The van der Waals surface area contributed by atoms with Crippen molar-refractivity contribution < 1.29 is 29.0 Å². The first-order chi connectivity index (χ1) is 24.2. The third-order valence-corrected chi connectivity index (χ3v) is 9.51. The van der Waals surface area contributed by atoms with Crippen molar-refractivity contribution in [2.45, 2.75) is 117 Å². The fraction of sp³-hybridized carbons (Fsp3) is 0.575. The second-order valence-corrected chi connectivity index (χ2v) is 14.6. The summed E-state index contributed by atoms with van der Waals surface area (Å²) in [5.41, 5.74) is 15.5. The minimum Gasteiger partial charge on any atom is -0.450 e. The van der Waals surface area contributed by atoms with Gasteiger partial charge in [-0.2, -0.15) is 0 Å². The molecule has 2 rings (SSSR count). The minimum atomic E-state index is -0.944. The number of carbonyl (C=O) groups is 5. The predicted molar refractivity (Wildman–Crippen MR) is 205 cm³/mol. The lowest BCUT2D eigenvalue weighted by molar-refractivity contribution is -0.134. The van der Waals surface area contributed by atoms with E-state index in [1.165, 1.54) is 5.56 Å². The van der Waals surface area contributed by atoms with Crippen molar-refractivity contribution in [1.29, 1.82) is 0 Å². The molecule has 2 aromatic carbocycles. The van der Waals surface area contributed by atoms with Crippen LogP contribution in [0.1, 0.15) is 102 Å². The van der Waals surface area contributed by atoms with E-state index in [0.29, 0.717) is 12.0 Å². The maximum absolute atomic E-state index is 13.5. The van der Waals surface area contributed by atoms with Crippen LogP contribution in [0.15, 0.2) is 48.5 Å². The van der Waals surface area contributed by atoms with Gasteiger partial charge in [0.2, 0.25) is 11.8 Å². The lowest BCUT2D eigenvalue weighted by atomic mass is 9.58. The first-order valence-corrected chi connectivity index (χ1v) is 18.7. The van der Waals surface area contributed by atoms with Gasteiger partial charge in [-0.15, -0.1) is 0 Å². The number of carbonyl (C=O) groups excluding carboxylic acids is 5. The molecule has 0 radical (unpaired) electrons. The summed E-state index contributed by atoms with van der Waals surface area (Å²) in [5, 5.41) is 15.5. The monoisotopic (exact) mass is 704 g/mol. The van der Waals surface area contributed by atoms with Crippen molar-refractivity contribution in [1.82, 2.24) is 10.6 Å². The van der Waals surface area contributed by atoms with Gasteiger partial charge in [-0.1, -0.05) is 96.4 Å². The average molecular weight is 705 g/mol. The van der Waals surface area contributed by atoms with Crippen LogP contribution in [-0.4, -0.2) is 66.3 Å². The molecule has 11 heteroatoms. The predicted octanol–water partition coefficient (Wildman–Crippen LogP) is 5.16. The zero-order chi connectivity index (χ0) is 38.1. The lowest BCUT2D eigenvalue weighted by Gasteiger charge is -2.25. The molecule has 7 N–H and O–H groups in total. The van der Waals surface area contributed by atoms with Crippen LogP contribution in [0.2, 0.25) is 12.6 Å². The summed E-state index contributed by atoms with van der Waals surface area (Å²) in [7, 11) is 0. The van der Waals surface area contributed by atoms with Crippen molar-refractivity contribution in [3.05, 3.63) is 59.7 Å². The molecule has 0 fully saturated rings. The van der Waals surface area contributed by atoms with E-state index in [1.54, 1.807) is 32.8 Å². The second kappa shape index (κ2) is 22.3. The number of benzene rings is 2. The Labute approximate surface area is 305 Å². The molecular weight excluding hydrogens is 643 g/mol. The van der Waals surface area contributed by atoms with Gasteiger partial charge in [-0.05, 0) is 73.6 Å². The lowest BCUT2D eigenvalue weighted by Crippen LogP contribution is -2.48. The van der Waals surface area contributed by atoms with E-state index in [4.69, 9.17) is 11.5 Å². The fourth-order valence-corrected chi connectivity index (χ4v) is 5.96. The molecule has 10 nitrogen and oxygen atoms in total. The van der Waals surface area contributed by atoms with Crippen LogP contribution in [0.25, 0.3) is 11.1 Å². The number of unbranched alkanes of at least 4 members (excludes halogenated alkanes) is 1. The molecule has 0 bridgehead atoms. The molecule has 0 spiro atoms. The SMILES string of the molecule is CCCCc1ccc(-c2ccc(C(=O)C[C@@H](CCN)C(=O)N[C@@H](CCN)C(=O)C[C@@H](C)C(=O)N[C@@H](CC(C)C)C(=O)C[C@@H](C)B(C)O)cc2)cc1. The Kier molecular flexibility index (Phi) is 19.0. The molecule has 0 saturated carbocycles. The van der Waals surface area contributed by atoms with Crippen LogP contribution in [0.4, 0.5) is 0 Å². The zero-order valence-electron chi connectivity index (χ0n) is 31.6. The van der Waals surface area contributed by atoms with E-state index < -0.39 is 42.6 Å². The summed E-state index contributed by atoms with van der Waals surface area (Å²) in [5.74, 6) is -3.28. The second-order valence-electron chi connectivity index (χ2n) is 14.6. The van der Waals surface area contributed by atoms with E-state index in [2.05, 4.69) is 41.8 Å². The largest absolute Gasteiger partial charge is 0.450 e. The normalized spacial score (nSPS) is 14.2. The van der Waals surface area contributed by atoms with Crippen molar-refractivity contribution in [2.24, 2.45) is 29.2 Å². The highest BCUT2D eigenvalue weighted by Crippen LogP contribution is 2.23. The molecule has 5 atom stereocenters. The number of amides is 2. The van der Waals surface area contributed by atoms with Crippen LogP contribution in [0.3, 0.4) is 0 Å². The molecule has 0 aromatic heterocycles. The Morgan fingerprint density at radius 3 is 1.82 bits per heavy atom. The zero-order valence-corrected chi connectivity index (χ0v) is 31.6. The maximum Gasteiger partial charge on any atom is 0.289 e. The summed E-state index contributed by atoms with van der Waals surface area (Å²) in [4.78, 5) is 66.3. The third kappa shape index (κ3) is 14.8. The quantitative estimate of drug-likeness (QED) is 0.0734. The Hall–Kier alpha value is -3.67. The molecule has 51 heavy (non-hydrogen) atoms. The van der Waals surface area contributed by atoms with Crippen molar-refractivity contribution in [2.75, 3.05) is 13.1 Å². The molecule has 0 aliphatic rings. The molecule has 0 heterocycles. The number of ketones is 3. The van der Waals surface area contributed by atoms with Gasteiger partial charge < -0.3 is 27.1 Å². The van der Waals surface area contributed by atoms with E-state index in [-0.39, 0.29) is 74.3 Å². The van der Waals surface area contributed by atoms with Gasteiger partial charge >= 0.3 is 0 Å². The van der Waals surface area contributed by atoms with E-state index >= 15 is 0 Å². The number of hydrogen-bond acceptors (Lipinski definition) is 8. The minimum absolute atomic E-state index is 0.0736. The standard InChI is InChI=1S/C40H61BN4O6/c1-7-8-9-29-10-12-30(13-11-29)31-14-16-32(17-15-31)36(46)25-33(18-20-42)40(50)44-34(19-21-43)37(47)23-27(4)39(49)45-35(22-26(2)3)38(48)24-28(5)41(6)51/h10-17,26-28,33-35,51H,7-9,18-25,42-43H2,1-6H3,(H,44,50)(H,45,49)/t27-,28-,33-,34+,35+/m1/s1. The van der Waals surface area contributed by atoms with E-state index in [1.807, 2.05) is 26.0 Å². The summed E-state index contributed by atoms with van der Waals surface area (Å²) < 4.78 is 0.